The van der Waals surface area contributed by atoms with Crippen LogP contribution in [-0.2, 0) is 4.79 Å². The van der Waals surface area contributed by atoms with Crippen LogP contribution in [0.2, 0.25) is 0 Å². The molecule has 0 saturated carbocycles. The minimum Gasteiger partial charge on any atom is -0.481 e. The molecule has 6 heteroatoms. The second-order valence-corrected chi connectivity index (χ2v) is 6.50. The van der Waals surface area contributed by atoms with E-state index < -0.39 is 17.9 Å². The van der Waals surface area contributed by atoms with Crippen LogP contribution >= 0.6 is 15.9 Å². The number of carboxylic acids is 1. The lowest BCUT2D eigenvalue weighted by atomic mass is 9.84. The molecule has 0 aromatic rings. The lowest BCUT2D eigenvalue weighted by molar-refractivity contribution is -0.142. The molecule has 3 N–H and O–H groups in total. The Morgan fingerprint density at radius 2 is 1.89 bits per heavy atom. The van der Waals surface area contributed by atoms with Crippen LogP contribution in [0.3, 0.4) is 0 Å². The molecule has 0 aromatic heterocycles. The number of rotatable bonds is 6. The Balaban J connectivity index is 4.16. The number of hydrogen-bond donors (Lipinski definition) is 3. The molecule has 0 bridgehead atoms. The van der Waals surface area contributed by atoms with Crippen LogP contribution in [-0.4, -0.2) is 30.2 Å². The van der Waals surface area contributed by atoms with E-state index in [4.69, 9.17) is 5.11 Å². The summed E-state index contributed by atoms with van der Waals surface area (Å²) in [4.78, 5) is 22.4. The third kappa shape index (κ3) is 9.04. The van der Waals surface area contributed by atoms with Gasteiger partial charge in [-0.3, -0.25) is 4.79 Å². The predicted octanol–water partition coefficient (Wildman–Crippen LogP) is 2.33. The lowest BCUT2D eigenvalue weighted by Gasteiger charge is -2.23. The summed E-state index contributed by atoms with van der Waals surface area (Å²) in [5.74, 6) is -1.47. The summed E-state index contributed by atoms with van der Waals surface area (Å²) >= 11 is 3.11. The van der Waals surface area contributed by atoms with E-state index in [1.54, 1.807) is 0 Å². The molecule has 0 fully saturated rings. The van der Waals surface area contributed by atoms with Crippen molar-refractivity contribution in [2.24, 2.45) is 11.3 Å². The molecule has 1 atom stereocenters. The van der Waals surface area contributed by atoms with Crippen LogP contribution in [0.25, 0.3) is 0 Å². The Morgan fingerprint density at radius 3 is 2.28 bits per heavy atom. The van der Waals surface area contributed by atoms with Gasteiger partial charge < -0.3 is 15.7 Å². The summed E-state index contributed by atoms with van der Waals surface area (Å²) in [5, 5.41) is 14.2. The SMILES string of the molecule is C=C(Br)CNC(=O)NCC(CC(C)(C)C)C(=O)O. The highest BCUT2D eigenvalue weighted by molar-refractivity contribution is 9.11. The van der Waals surface area contributed by atoms with Crippen molar-refractivity contribution in [2.45, 2.75) is 27.2 Å². The highest BCUT2D eigenvalue weighted by Crippen LogP contribution is 2.24. The number of hydrogen-bond acceptors (Lipinski definition) is 2. The Hall–Kier alpha value is -1.04. The van der Waals surface area contributed by atoms with Crippen LogP contribution < -0.4 is 10.6 Å². The van der Waals surface area contributed by atoms with E-state index in [2.05, 4.69) is 33.1 Å². The molecule has 1 unspecified atom stereocenters. The third-order valence-electron chi connectivity index (χ3n) is 2.16. The zero-order valence-electron chi connectivity index (χ0n) is 11.0. The fourth-order valence-corrected chi connectivity index (χ4v) is 1.58. The average molecular weight is 321 g/mol. The van der Waals surface area contributed by atoms with E-state index in [9.17, 15) is 9.59 Å². The maximum atomic E-state index is 11.4. The van der Waals surface area contributed by atoms with Gasteiger partial charge in [-0.25, -0.2) is 4.79 Å². The Bertz CT molecular complexity index is 324. The molecule has 2 amide bonds. The zero-order valence-corrected chi connectivity index (χ0v) is 12.6. The van der Waals surface area contributed by atoms with Gasteiger partial charge in [0.1, 0.15) is 0 Å². The summed E-state index contributed by atoms with van der Waals surface area (Å²) in [7, 11) is 0. The number of nitrogens with one attached hydrogen (secondary N) is 2. The van der Waals surface area contributed by atoms with Gasteiger partial charge in [0.05, 0.1) is 12.5 Å². The first-order valence-corrected chi connectivity index (χ1v) is 6.49. The van der Waals surface area contributed by atoms with Gasteiger partial charge >= 0.3 is 12.0 Å². The maximum absolute atomic E-state index is 11.4. The fourth-order valence-electron chi connectivity index (χ4n) is 1.44. The number of halogens is 1. The summed E-state index contributed by atoms with van der Waals surface area (Å²) in [6.45, 7) is 9.92. The molecule has 0 aliphatic carbocycles. The van der Waals surface area contributed by atoms with E-state index >= 15 is 0 Å². The van der Waals surface area contributed by atoms with Gasteiger partial charge in [-0.2, -0.15) is 0 Å². The van der Waals surface area contributed by atoms with E-state index in [0.29, 0.717) is 17.4 Å². The van der Waals surface area contributed by atoms with Crippen molar-refractivity contribution in [1.29, 1.82) is 0 Å². The first kappa shape index (κ1) is 17.0. The summed E-state index contributed by atoms with van der Waals surface area (Å²) < 4.78 is 0.655. The third-order valence-corrected chi connectivity index (χ3v) is 2.44. The van der Waals surface area contributed by atoms with Gasteiger partial charge in [0.2, 0.25) is 0 Å². The minimum atomic E-state index is -0.893. The van der Waals surface area contributed by atoms with Crippen LogP contribution in [0.1, 0.15) is 27.2 Å². The Labute approximate surface area is 116 Å². The Morgan fingerprint density at radius 1 is 1.33 bits per heavy atom. The maximum Gasteiger partial charge on any atom is 0.315 e. The summed E-state index contributed by atoms with van der Waals surface area (Å²) in [6.07, 6.45) is 0.508. The van der Waals surface area contributed by atoms with Crippen molar-refractivity contribution in [3.8, 4) is 0 Å². The van der Waals surface area contributed by atoms with Gasteiger partial charge in [-0.1, -0.05) is 43.3 Å². The van der Waals surface area contributed by atoms with Gasteiger partial charge in [0.15, 0.2) is 0 Å². The first-order chi connectivity index (χ1) is 8.11. The molecule has 0 spiro atoms. The van der Waals surface area contributed by atoms with E-state index in [-0.39, 0.29) is 12.0 Å². The molecule has 18 heavy (non-hydrogen) atoms. The monoisotopic (exact) mass is 320 g/mol. The van der Waals surface area contributed by atoms with Gasteiger partial charge in [-0.15, -0.1) is 0 Å². The van der Waals surface area contributed by atoms with Gasteiger partial charge in [-0.05, 0) is 11.8 Å². The molecule has 0 aromatic carbocycles. The number of urea groups is 1. The molecule has 0 heterocycles. The second-order valence-electron chi connectivity index (χ2n) is 5.38. The minimum absolute atomic E-state index is 0.0919. The van der Waals surface area contributed by atoms with E-state index in [1.807, 2.05) is 20.8 Å². The largest absolute Gasteiger partial charge is 0.481 e. The molecule has 0 aliphatic rings. The summed E-state index contributed by atoms with van der Waals surface area (Å²) in [5.41, 5.74) is -0.0919. The molecule has 0 radical (unpaired) electrons. The molecule has 0 aliphatic heterocycles. The number of amides is 2. The predicted molar refractivity (Wildman–Crippen MR) is 74.7 cm³/mol. The van der Waals surface area contributed by atoms with Crippen LogP contribution in [0.5, 0.6) is 0 Å². The highest BCUT2D eigenvalue weighted by atomic mass is 79.9. The van der Waals surface area contributed by atoms with Crippen molar-refractivity contribution in [1.82, 2.24) is 10.6 Å². The number of aliphatic carboxylic acids is 1. The smallest absolute Gasteiger partial charge is 0.315 e. The number of carbonyl (C=O) groups is 2. The van der Waals surface area contributed by atoms with Crippen molar-refractivity contribution in [3.63, 3.8) is 0 Å². The molecule has 0 saturated heterocycles. The van der Waals surface area contributed by atoms with Crippen LogP contribution in [0, 0.1) is 11.3 Å². The topological polar surface area (TPSA) is 78.4 Å². The van der Waals surface area contributed by atoms with E-state index in [0.717, 1.165) is 0 Å². The fraction of sp³-hybridized carbons (Fsp3) is 0.667. The molecular weight excluding hydrogens is 300 g/mol. The number of carboxylic acid groups (broad SMARTS) is 1. The number of carbonyl (C=O) groups excluding carboxylic acids is 1. The molecular formula is C12H21BrN2O3. The zero-order chi connectivity index (χ0) is 14.3. The molecule has 0 rings (SSSR count). The van der Waals surface area contributed by atoms with Crippen LogP contribution in [0.15, 0.2) is 11.1 Å². The van der Waals surface area contributed by atoms with E-state index in [1.165, 1.54) is 0 Å². The molecule has 104 valence electrons. The summed E-state index contributed by atoms with van der Waals surface area (Å²) in [6, 6.07) is -0.393. The lowest BCUT2D eigenvalue weighted by Crippen LogP contribution is -2.41. The molecule has 5 nitrogen and oxygen atoms in total. The van der Waals surface area contributed by atoms with Gasteiger partial charge in [0, 0.05) is 11.0 Å². The average Bonchev–Trinajstić information content (AvgIpc) is 2.19. The van der Waals surface area contributed by atoms with Gasteiger partial charge in [0.25, 0.3) is 0 Å². The Kier molecular flexibility index (Phi) is 6.98. The van der Waals surface area contributed by atoms with Crippen molar-refractivity contribution in [3.05, 3.63) is 11.1 Å². The van der Waals surface area contributed by atoms with Crippen molar-refractivity contribution >= 4 is 27.9 Å². The first-order valence-electron chi connectivity index (χ1n) is 5.69. The normalized spacial score (nSPS) is 12.7. The van der Waals surface area contributed by atoms with Crippen molar-refractivity contribution < 1.29 is 14.7 Å². The standard InChI is InChI=1S/C12H21BrN2O3/c1-8(13)6-14-11(18)15-7-9(10(16)17)5-12(2,3)4/h9H,1,5-7H2,2-4H3,(H,16,17)(H2,14,15,18). The van der Waals surface area contributed by atoms with Crippen molar-refractivity contribution in [2.75, 3.05) is 13.1 Å². The highest BCUT2D eigenvalue weighted by Gasteiger charge is 2.24. The second kappa shape index (κ2) is 7.41. The van der Waals surface area contributed by atoms with Crippen LogP contribution in [0.4, 0.5) is 4.79 Å². The quantitative estimate of drug-likeness (QED) is 0.702.